The number of rotatable bonds is 8. The number of H-pyrrole nitrogens is 1. The van der Waals surface area contributed by atoms with Crippen LogP contribution in [-0.2, 0) is 11.2 Å². The average molecular weight is 380 g/mol. The molecule has 1 aromatic heterocycles. The average Bonchev–Trinajstić information content (AvgIpc) is 3.07. The Kier molecular flexibility index (Phi) is 6.24. The number of aromatic amines is 1. The SMILES string of the molecule is O=c1[nH]c2ccccc2n1C1CCN(CCCOCCc2ccccc2)CC1. The van der Waals surface area contributed by atoms with E-state index in [0.717, 1.165) is 69.6 Å². The molecule has 1 aliphatic heterocycles. The van der Waals surface area contributed by atoms with Crippen LogP contribution in [0.15, 0.2) is 59.4 Å². The summed E-state index contributed by atoms with van der Waals surface area (Å²) in [7, 11) is 0. The number of nitrogens with zero attached hydrogens (tertiary/aromatic N) is 2. The van der Waals surface area contributed by atoms with Crippen molar-refractivity contribution in [3.05, 3.63) is 70.6 Å². The third-order valence-electron chi connectivity index (χ3n) is 5.69. The van der Waals surface area contributed by atoms with Crippen LogP contribution in [0, 0.1) is 0 Å². The Morgan fingerprint density at radius 2 is 1.71 bits per heavy atom. The molecule has 1 saturated heterocycles. The topological polar surface area (TPSA) is 50.3 Å². The standard InChI is InChI=1S/C23H29N3O2/c27-23-24-21-9-4-5-10-22(21)26(23)20-11-15-25(16-12-20)14-6-17-28-18-13-19-7-2-1-3-8-19/h1-5,7-10,20H,6,11-18H2,(H,24,27). The normalized spacial score (nSPS) is 16.0. The molecule has 0 spiro atoms. The minimum absolute atomic E-state index is 0.0199. The largest absolute Gasteiger partial charge is 0.381 e. The first-order chi connectivity index (χ1) is 13.8. The van der Waals surface area contributed by atoms with Gasteiger partial charge in [0, 0.05) is 32.3 Å². The molecule has 0 atom stereocenters. The van der Waals surface area contributed by atoms with Gasteiger partial charge in [0.25, 0.3) is 0 Å². The second-order valence-corrected chi connectivity index (χ2v) is 7.59. The van der Waals surface area contributed by atoms with Crippen LogP contribution in [0.3, 0.4) is 0 Å². The van der Waals surface area contributed by atoms with Crippen LogP contribution in [0.4, 0.5) is 0 Å². The van der Waals surface area contributed by atoms with Crippen molar-refractivity contribution in [2.75, 3.05) is 32.8 Å². The molecule has 1 N–H and O–H groups in total. The fourth-order valence-electron chi connectivity index (χ4n) is 4.16. The van der Waals surface area contributed by atoms with Gasteiger partial charge in [0.05, 0.1) is 17.6 Å². The first-order valence-electron chi connectivity index (χ1n) is 10.3. The monoisotopic (exact) mass is 379 g/mol. The molecule has 0 aliphatic carbocycles. The molecule has 2 aromatic carbocycles. The number of likely N-dealkylation sites (tertiary alicyclic amines) is 1. The van der Waals surface area contributed by atoms with Gasteiger partial charge in [-0.2, -0.15) is 0 Å². The summed E-state index contributed by atoms with van der Waals surface area (Å²) in [5.41, 5.74) is 3.31. The van der Waals surface area contributed by atoms with Crippen molar-refractivity contribution in [2.45, 2.75) is 31.7 Å². The number of imidazole rings is 1. The first kappa shape index (κ1) is 19.0. The van der Waals surface area contributed by atoms with Crippen molar-refractivity contribution in [3.8, 4) is 0 Å². The van der Waals surface area contributed by atoms with Gasteiger partial charge in [-0.05, 0) is 43.4 Å². The van der Waals surface area contributed by atoms with Crippen molar-refractivity contribution in [3.63, 3.8) is 0 Å². The smallest absolute Gasteiger partial charge is 0.326 e. The van der Waals surface area contributed by atoms with Crippen LogP contribution in [0.1, 0.15) is 30.9 Å². The Balaban J connectivity index is 1.17. The molecule has 1 fully saturated rings. The molecule has 5 heteroatoms. The second-order valence-electron chi connectivity index (χ2n) is 7.59. The summed E-state index contributed by atoms with van der Waals surface area (Å²) < 4.78 is 7.75. The molecule has 1 aliphatic rings. The molecular weight excluding hydrogens is 350 g/mol. The van der Waals surface area contributed by atoms with Gasteiger partial charge in [-0.25, -0.2) is 4.79 Å². The number of fused-ring (bicyclic) bond motifs is 1. The molecule has 28 heavy (non-hydrogen) atoms. The third kappa shape index (κ3) is 4.54. The first-order valence-corrected chi connectivity index (χ1v) is 10.3. The maximum absolute atomic E-state index is 12.4. The lowest BCUT2D eigenvalue weighted by molar-refractivity contribution is 0.114. The molecule has 3 aromatic rings. The zero-order valence-corrected chi connectivity index (χ0v) is 16.3. The lowest BCUT2D eigenvalue weighted by Crippen LogP contribution is -2.37. The summed E-state index contributed by atoms with van der Waals surface area (Å²) in [6.07, 6.45) is 4.09. The van der Waals surface area contributed by atoms with Crippen LogP contribution in [0.25, 0.3) is 11.0 Å². The van der Waals surface area contributed by atoms with E-state index in [1.54, 1.807) is 0 Å². The number of aromatic nitrogens is 2. The van der Waals surface area contributed by atoms with Crippen molar-refractivity contribution in [2.24, 2.45) is 0 Å². The summed E-state index contributed by atoms with van der Waals surface area (Å²) in [6, 6.07) is 18.7. The van der Waals surface area contributed by atoms with Crippen molar-refractivity contribution < 1.29 is 4.74 Å². The molecular formula is C23H29N3O2. The van der Waals surface area contributed by atoms with Crippen molar-refractivity contribution >= 4 is 11.0 Å². The van der Waals surface area contributed by atoms with Crippen molar-refractivity contribution in [1.82, 2.24) is 14.5 Å². The van der Waals surface area contributed by atoms with Gasteiger partial charge < -0.3 is 14.6 Å². The van der Waals surface area contributed by atoms with Crippen LogP contribution in [0.5, 0.6) is 0 Å². The molecule has 2 heterocycles. The highest BCUT2D eigenvalue weighted by atomic mass is 16.5. The Labute approximate surface area is 165 Å². The summed E-state index contributed by atoms with van der Waals surface area (Å²) in [5.74, 6) is 0. The molecule has 0 bridgehead atoms. The second kappa shape index (κ2) is 9.22. The summed E-state index contributed by atoms with van der Waals surface area (Å²) in [6.45, 7) is 4.76. The Hall–Kier alpha value is -2.37. The van der Waals surface area contributed by atoms with E-state index in [9.17, 15) is 4.79 Å². The number of piperidine rings is 1. The van der Waals surface area contributed by atoms with Crippen LogP contribution >= 0.6 is 0 Å². The molecule has 0 unspecified atom stereocenters. The van der Waals surface area contributed by atoms with Gasteiger partial charge in [-0.15, -0.1) is 0 Å². The van der Waals surface area contributed by atoms with E-state index in [0.29, 0.717) is 6.04 Å². The lowest BCUT2D eigenvalue weighted by Gasteiger charge is -2.32. The van der Waals surface area contributed by atoms with Gasteiger partial charge in [-0.3, -0.25) is 4.57 Å². The third-order valence-corrected chi connectivity index (χ3v) is 5.69. The molecule has 0 saturated carbocycles. The zero-order valence-electron chi connectivity index (χ0n) is 16.3. The van der Waals surface area contributed by atoms with E-state index < -0.39 is 0 Å². The molecule has 4 rings (SSSR count). The summed E-state index contributed by atoms with van der Waals surface area (Å²) in [5, 5.41) is 0. The molecule has 148 valence electrons. The zero-order chi connectivity index (χ0) is 19.2. The maximum atomic E-state index is 12.4. The Morgan fingerprint density at radius 1 is 0.964 bits per heavy atom. The quantitative estimate of drug-likeness (QED) is 0.608. The van der Waals surface area contributed by atoms with Gasteiger partial charge in [0.15, 0.2) is 0 Å². The number of hydrogen-bond acceptors (Lipinski definition) is 3. The van der Waals surface area contributed by atoms with E-state index in [1.165, 1.54) is 5.56 Å². The lowest BCUT2D eigenvalue weighted by atomic mass is 10.0. The van der Waals surface area contributed by atoms with Crippen LogP contribution < -0.4 is 5.69 Å². The highest BCUT2D eigenvalue weighted by Crippen LogP contribution is 2.24. The van der Waals surface area contributed by atoms with Gasteiger partial charge in [0.2, 0.25) is 0 Å². The van der Waals surface area contributed by atoms with E-state index in [1.807, 2.05) is 34.9 Å². The van der Waals surface area contributed by atoms with Crippen LogP contribution in [0.2, 0.25) is 0 Å². The molecule has 0 amide bonds. The van der Waals surface area contributed by atoms with E-state index >= 15 is 0 Å². The van der Waals surface area contributed by atoms with Crippen molar-refractivity contribution in [1.29, 1.82) is 0 Å². The number of nitrogens with one attached hydrogen (secondary N) is 1. The van der Waals surface area contributed by atoms with Crippen LogP contribution in [-0.4, -0.2) is 47.3 Å². The van der Waals surface area contributed by atoms with Gasteiger partial charge >= 0.3 is 5.69 Å². The summed E-state index contributed by atoms with van der Waals surface area (Å²) >= 11 is 0. The number of hydrogen-bond donors (Lipinski definition) is 1. The predicted octanol–water partition coefficient (Wildman–Crippen LogP) is 3.62. The Morgan fingerprint density at radius 3 is 2.54 bits per heavy atom. The predicted molar refractivity (Wildman–Crippen MR) is 113 cm³/mol. The maximum Gasteiger partial charge on any atom is 0.326 e. The number of ether oxygens (including phenoxy) is 1. The Bertz CT molecular complexity index is 924. The fraction of sp³-hybridized carbons (Fsp3) is 0.435. The minimum atomic E-state index is 0.0199. The van der Waals surface area contributed by atoms with E-state index in [4.69, 9.17) is 4.74 Å². The fourth-order valence-corrected chi connectivity index (χ4v) is 4.16. The number of benzene rings is 2. The van der Waals surface area contributed by atoms with E-state index in [2.05, 4.69) is 34.1 Å². The summed E-state index contributed by atoms with van der Waals surface area (Å²) in [4.78, 5) is 17.8. The van der Waals surface area contributed by atoms with Gasteiger partial charge in [-0.1, -0.05) is 42.5 Å². The molecule has 0 radical (unpaired) electrons. The highest BCUT2D eigenvalue weighted by Gasteiger charge is 2.23. The minimum Gasteiger partial charge on any atom is -0.381 e. The number of para-hydroxylation sites is 2. The van der Waals surface area contributed by atoms with E-state index in [-0.39, 0.29) is 5.69 Å². The highest BCUT2D eigenvalue weighted by molar-refractivity contribution is 5.75. The van der Waals surface area contributed by atoms with Gasteiger partial charge in [0.1, 0.15) is 0 Å². The molecule has 5 nitrogen and oxygen atoms in total.